The van der Waals surface area contributed by atoms with Crippen LogP contribution in [0, 0.1) is 0 Å². The number of aliphatic hydroxyl groups is 1. The van der Waals surface area contributed by atoms with Crippen molar-refractivity contribution in [2.75, 3.05) is 6.26 Å². The molecule has 0 aromatic carbocycles. The van der Waals surface area contributed by atoms with Crippen LogP contribution in [0.25, 0.3) is 0 Å². The zero-order chi connectivity index (χ0) is 11.4. The third kappa shape index (κ3) is 2.81. The second-order valence-corrected chi connectivity index (χ2v) is 5.30. The minimum absolute atomic E-state index is 0.0170. The van der Waals surface area contributed by atoms with Gasteiger partial charge in [0.1, 0.15) is 18.1 Å². The molecule has 1 fully saturated rings. The number of furan rings is 1. The number of hydrogen-bond donors (Lipinski definition) is 2. The molecule has 1 aromatic heterocycles. The van der Waals surface area contributed by atoms with E-state index in [2.05, 4.69) is 11.6 Å². The van der Waals surface area contributed by atoms with E-state index in [1.165, 1.54) is 19.3 Å². The highest BCUT2D eigenvalue weighted by Gasteiger charge is 2.25. The standard InChI is InChI=1S/C12H19NO2S/c1-16-12-4-2-3-11(12)13-7-9-5-6-10(8-14)15-9/h5-6,11-14H,2-4,7-8H2,1H3. The van der Waals surface area contributed by atoms with Crippen molar-refractivity contribution >= 4 is 11.8 Å². The summed E-state index contributed by atoms with van der Waals surface area (Å²) in [6.07, 6.45) is 6.09. The van der Waals surface area contributed by atoms with Crippen molar-refractivity contribution in [2.45, 2.75) is 43.7 Å². The Hall–Kier alpha value is -0.450. The van der Waals surface area contributed by atoms with Gasteiger partial charge in [-0.25, -0.2) is 0 Å². The maximum absolute atomic E-state index is 8.89. The first-order valence-corrected chi connectivity index (χ1v) is 7.07. The quantitative estimate of drug-likeness (QED) is 0.829. The van der Waals surface area contributed by atoms with Gasteiger partial charge in [-0.1, -0.05) is 6.42 Å². The zero-order valence-electron chi connectivity index (χ0n) is 9.61. The second-order valence-electron chi connectivity index (χ2n) is 4.22. The van der Waals surface area contributed by atoms with Gasteiger partial charge in [0.2, 0.25) is 0 Å². The summed E-state index contributed by atoms with van der Waals surface area (Å²) in [4.78, 5) is 0. The van der Waals surface area contributed by atoms with Crippen LogP contribution in [0.4, 0.5) is 0 Å². The van der Waals surface area contributed by atoms with Gasteiger partial charge in [-0.05, 0) is 31.2 Å². The number of thioether (sulfide) groups is 1. The Kier molecular flexibility index (Phi) is 4.32. The Labute approximate surface area is 101 Å². The molecule has 2 unspecified atom stereocenters. The third-order valence-corrected chi connectivity index (χ3v) is 4.34. The van der Waals surface area contributed by atoms with Crippen LogP contribution in [0.3, 0.4) is 0 Å². The van der Waals surface area contributed by atoms with Gasteiger partial charge in [0.15, 0.2) is 0 Å². The zero-order valence-corrected chi connectivity index (χ0v) is 10.4. The molecule has 3 nitrogen and oxygen atoms in total. The van der Waals surface area contributed by atoms with Gasteiger partial charge in [-0.2, -0.15) is 11.8 Å². The maximum Gasteiger partial charge on any atom is 0.129 e. The molecule has 2 N–H and O–H groups in total. The van der Waals surface area contributed by atoms with Crippen LogP contribution in [-0.2, 0) is 13.2 Å². The number of nitrogens with one attached hydrogen (secondary N) is 1. The maximum atomic E-state index is 8.89. The van der Waals surface area contributed by atoms with Gasteiger partial charge in [0.05, 0.1) is 6.54 Å². The summed E-state index contributed by atoms with van der Waals surface area (Å²) in [6, 6.07) is 4.37. The van der Waals surface area contributed by atoms with E-state index in [1.54, 1.807) is 0 Å². The summed E-state index contributed by atoms with van der Waals surface area (Å²) in [6.45, 7) is 0.749. The lowest BCUT2D eigenvalue weighted by Gasteiger charge is -2.18. The molecule has 0 amide bonds. The lowest BCUT2D eigenvalue weighted by atomic mass is 10.2. The molecule has 4 heteroatoms. The molecule has 2 atom stereocenters. The minimum Gasteiger partial charge on any atom is -0.462 e. The topological polar surface area (TPSA) is 45.4 Å². The van der Waals surface area contributed by atoms with Crippen LogP contribution >= 0.6 is 11.8 Å². The van der Waals surface area contributed by atoms with E-state index in [0.717, 1.165) is 17.6 Å². The summed E-state index contributed by atoms with van der Waals surface area (Å²) in [5.41, 5.74) is 0. The Morgan fingerprint density at radius 2 is 2.25 bits per heavy atom. The molecule has 1 aromatic rings. The first-order valence-electron chi connectivity index (χ1n) is 5.78. The SMILES string of the molecule is CSC1CCCC1NCc1ccc(CO)o1. The van der Waals surface area contributed by atoms with Crippen LogP contribution in [-0.4, -0.2) is 22.7 Å². The largest absolute Gasteiger partial charge is 0.462 e. The van der Waals surface area contributed by atoms with Crippen molar-refractivity contribution < 1.29 is 9.52 Å². The van der Waals surface area contributed by atoms with E-state index in [0.29, 0.717) is 11.8 Å². The summed E-state index contributed by atoms with van der Waals surface area (Å²) >= 11 is 1.95. The molecule has 0 bridgehead atoms. The van der Waals surface area contributed by atoms with E-state index >= 15 is 0 Å². The van der Waals surface area contributed by atoms with Gasteiger partial charge in [-0.3, -0.25) is 0 Å². The van der Waals surface area contributed by atoms with Gasteiger partial charge >= 0.3 is 0 Å². The molecule has 0 spiro atoms. The average Bonchev–Trinajstić information content (AvgIpc) is 2.94. The molecule has 16 heavy (non-hydrogen) atoms. The molecule has 90 valence electrons. The molecule has 2 rings (SSSR count). The lowest BCUT2D eigenvalue weighted by molar-refractivity contribution is 0.242. The number of aliphatic hydroxyl groups excluding tert-OH is 1. The molecular formula is C12H19NO2S. The normalized spacial score (nSPS) is 25.1. The van der Waals surface area contributed by atoms with E-state index in [4.69, 9.17) is 9.52 Å². The smallest absolute Gasteiger partial charge is 0.129 e. The predicted octanol–water partition coefficient (Wildman–Crippen LogP) is 2.15. The van der Waals surface area contributed by atoms with Crippen molar-refractivity contribution in [3.8, 4) is 0 Å². The first-order chi connectivity index (χ1) is 7.83. The van der Waals surface area contributed by atoms with Gasteiger partial charge in [-0.15, -0.1) is 0 Å². The fraction of sp³-hybridized carbons (Fsp3) is 0.667. The fourth-order valence-electron chi connectivity index (χ4n) is 2.28. The van der Waals surface area contributed by atoms with Crippen molar-refractivity contribution in [1.29, 1.82) is 0 Å². The van der Waals surface area contributed by atoms with Crippen LogP contribution in [0.5, 0.6) is 0 Å². The molecule has 1 saturated carbocycles. The van der Waals surface area contributed by atoms with Crippen molar-refractivity contribution in [1.82, 2.24) is 5.32 Å². The molecule has 0 aliphatic heterocycles. The highest BCUT2D eigenvalue weighted by atomic mass is 32.2. The first kappa shape index (κ1) is 12.0. The number of rotatable bonds is 5. The Morgan fingerprint density at radius 1 is 1.44 bits per heavy atom. The summed E-state index contributed by atoms with van der Waals surface area (Å²) in [5.74, 6) is 1.56. The van der Waals surface area contributed by atoms with Gasteiger partial charge in [0, 0.05) is 11.3 Å². The van der Waals surface area contributed by atoms with E-state index in [1.807, 2.05) is 23.9 Å². The molecule has 1 aliphatic rings. The highest BCUT2D eigenvalue weighted by molar-refractivity contribution is 7.99. The summed E-state index contributed by atoms with van der Waals surface area (Å²) in [7, 11) is 0. The van der Waals surface area contributed by atoms with Crippen molar-refractivity contribution in [3.05, 3.63) is 23.7 Å². The van der Waals surface area contributed by atoms with E-state index in [-0.39, 0.29) is 6.61 Å². The van der Waals surface area contributed by atoms with Gasteiger partial charge in [0.25, 0.3) is 0 Å². The van der Waals surface area contributed by atoms with Gasteiger partial charge < -0.3 is 14.8 Å². The minimum atomic E-state index is -0.0170. The molecule has 1 heterocycles. The monoisotopic (exact) mass is 241 g/mol. The fourth-order valence-corrected chi connectivity index (χ4v) is 3.24. The Morgan fingerprint density at radius 3 is 2.94 bits per heavy atom. The van der Waals surface area contributed by atoms with Crippen LogP contribution < -0.4 is 5.32 Å². The molecular weight excluding hydrogens is 222 g/mol. The van der Waals surface area contributed by atoms with E-state index < -0.39 is 0 Å². The second kappa shape index (κ2) is 5.75. The molecule has 0 saturated heterocycles. The van der Waals surface area contributed by atoms with Crippen LogP contribution in [0.15, 0.2) is 16.5 Å². The predicted molar refractivity (Wildman–Crippen MR) is 66.4 cm³/mol. The highest BCUT2D eigenvalue weighted by Crippen LogP contribution is 2.28. The summed E-state index contributed by atoms with van der Waals surface area (Å²) in [5, 5.41) is 13.2. The average molecular weight is 241 g/mol. The lowest BCUT2D eigenvalue weighted by Crippen LogP contribution is -2.33. The van der Waals surface area contributed by atoms with Crippen LogP contribution in [0.2, 0.25) is 0 Å². The Balaban J connectivity index is 1.82. The van der Waals surface area contributed by atoms with Crippen molar-refractivity contribution in [3.63, 3.8) is 0 Å². The van der Waals surface area contributed by atoms with Crippen LogP contribution in [0.1, 0.15) is 30.8 Å². The van der Waals surface area contributed by atoms with E-state index in [9.17, 15) is 0 Å². The summed E-state index contributed by atoms with van der Waals surface area (Å²) < 4.78 is 5.44. The molecule has 0 radical (unpaired) electrons. The molecule has 1 aliphatic carbocycles. The van der Waals surface area contributed by atoms with Crippen molar-refractivity contribution in [2.24, 2.45) is 0 Å². The third-order valence-electron chi connectivity index (χ3n) is 3.17. The number of hydrogen-bond acceptors (Lipinski definition) is 4. The Bertz CT molecular complexity index is 327.